The second kappa shape index (κ2) is 5.80. The van der Waals surface area contributed by atoms with Gasteiger partial charge in [-0.05, 0) is 31.5 Å². The molecule has 0 aliphatic carbocycles. The topological polar surface area (TPSA) is 50.1 Å². The van der Waals surface area contributed by atoms with E-state index in [9.17, 15) is 9.18 Å². The summed E-state index contributed by atoms with van der Waals surface area (Å²) in [7, 11) is 0. The van der Waals surface area contributed by atoms with Crippen LogP contribution in [0.1, 0.15) is 19.4 Å². The highest BCUT2D eigenvalue weighted by Gasteiger charge is 2.07. The fourth-order valence-corrected chi connectivity index (χ4v) is 1.22. The second-order valence-corrected chi connectivity index (χ2v) is 3.67. The maximum atomic E-state index is 13.0. The molecule has 0 spiro atoms. The molecule has 0 aliphatic rings. The minimum atomic E-state index is -0.610. The van der Waals surface area contributed by atoms with E-state index in [-0.39, 0.29) is 11.7 Å². The number of carbonyl (C=O) groups is 1. The Bertz CT molecular complexity index is 486. The summed E-state index contributed by atoms with van der Waals surface area (Å²) in [4.78, 5) is 11.3. The molecule has 0 amide bonds. The Kier molecular flexibility index (Phi) is 4.41. The van der Waals surface area contributed by atoms with Crippen LogP contribution in [-0.2, 0) is 9.53 Å². The van der Waals surface area contributed by atoms with Crippen molar-refractivity contribution < 1.29 is 13.9 Å². The number of hydrogen-bond donors (Lipinski definition) is 0. The fraction of sp³-hybridized carbons (Fsp3) is 0.231. The van der Waals surface area contributed by atoms with Crippen molar-refractivity contribution in [3.63, 3.8) is 0 Å². The first-order valence-electron chi connectivity index (χ1n) is 5.11. The van der Waals surface area contributed by atoms with E-state index in [2.05, 4.69) is 0 Å². The van der Waals surface area contributed by atoms with Crippen molar-refractivity contribution >= 4 is 11.5 Å². The number of benzene rings is 1. The molecule has 0 saturated heterocycles. The van der Waals surface area contributed by atoms with Crippen LogP contribution in [0.5, 0.6) is 0 Å². The van der Waals surface area contributed by atoms with Crippen LogP contribution < -0.4 is 0 Å². The maximum Gasteiger partial charge on any atom is 0.332 e. The zero-order valence-corrected chi connectivity index (χ0v) is 9.61. The number of rotatable bonds is 3. The van der Waals surface area contributed by atoms with Gasteiger partial charge in [0.25, 0.3) is 0 Å². The number of nitrogens with zero attached hydrogens (tertiary/aromatic N) is 1. The van der Waals surface area contributed by atoms with Crippen LogP contribution in [0.2, 0.25) is 0 Å². The highest BCUT2D eigenvalue weighted by molar-refractivity contribution is 5.95. The largest absolute Gasteiger partial charge is 0.460 e. The van der Waals surface area contributed by atoms with E-state index in [1.54, 1.807) is 19.9 Å². The van der Waals surface area contributed by atoms with Gasteiger partial charge in [-0.15, -0.1) is 0 Å². The zero-order valence-electron chi connectivity index (χ0n) is 9.61. The van der Waals surface area contributed by atoms with Gasteiger partial charge in [-0.2, -0.15) is 5.26 Å². The first kappa shape index (κ1) is 12.9. The molecule has 0 aromatic heterocycles. The van der Waals surface area contributed by atoms with Crippen molar-refractivity contribution in [1.82, 2.24) is 0 Å². The second-order valence-electron chi connectivity index (χ2n) is 3.67. The molecule has 1 rings (SSSR count). The number of ether oxygens (including phenoxy) is 1. The molecular formula is C13H12FNO2. The highest BCUT2D eigenvalue weighted by Crippen LogP contribution is 2.15. The van der Waals surface area contributed by atoms with E-state index in [1.807, 2.05) is 6.07 Å². The number of allylic oxidation sites excluding steroid dienone is 1. The highest BCUT2D eigenvalue weighted by atomic mass is 19.1. The summed E-state index contributed by atoms with van der Waals surface area (Å²) in [5.41, 5.74) is 0.434. The van der Waals surface area contributed by atoms with E-state index in [1.165, 1.54) is 18.2 Å². The van der Waals surface area contributed by atoms with Crippen molar-refractivity contribution in [3.8, 4) is 6.07 Å². The van der Waals surface area contributed by atoms with Crippen LogP contribution in [0.3, 0.4) is 0 Å². The van der Waals surface area contributed by atoms with Crippen LogP contribution in [0.15, 0.2) is 30.3 Å². The van der Waals surface area contributed by atoms with Crippen LogP contribution >= 0.6 is 0 Å². The molecule has 0 radical (unpaired) electrons. The van der Waals surface area contributed by atoms with Gasteiger partial charge >= 0.3 is 5.97 Å². The molecule has 1 aromatic rings. The lowest BCUT2D eigenvalue weighted by molar-refractivity contribution is -0.141. The van der Waals surface area contributed by atoms with Crippen molar-refractivity contribution in [1.29, 1.82) is 5.26 Å². The van der Waals surface area contributed by atoms with Crippen LogP contribution in [0, 0.1) is 17.1 Å². The maximum absolute atomic E-state index is 13.0. The molecular weight excluding hydrogens is 221 g/mol. The van der Waals surface area contributed by atoms with Gasteiger partial charge in [0.05, 0.1) is 11.7 Å². The van der Waals surface area contributed by atoms with Gasteiger partial charge in [-0.25, -0.2) is 9.18 Å². The summed E-state index contributed by atoms with van der Waals surface area (Å²) in [5.74, 6) is -1.07. The fourth-order valence-electron chi connectivity index (χ4n) is 1.22. The van der Waals surface area contributed by atoms with Crippen molar-refractivity contribution in [3.05, 3.63) is 41.7 Å². The summed E-state index contributed by atoms with van der Waals surface area (Å²) in [6.45, 7) is 3.42. The smallest absolute Gasteiger partial charge is 0.332 e. The Hall–Kier alpha value is -2.15. The van der Waals surface area contributed by atoms with E-state index in [4.69, 9.17) is 10.00 Å². The van der Waals surface area contributed by atoms with Gasteiger partial charge in [0.1, 0.15) is 11.9 Å². The predicted molar refractivity (Wildman–Crippen MR) is 61.2 cm³/mol. The summed E-state index contributed by atoms with van der Waals surface area (Å²) in [5, 5.41) is 8.90. The van der Waals surface area contributed by atoms with Crippen LogP contribution in [0.4, 0.5) is 4.39 Å². The van der Waals surface area contributed by atoms with Gasteiger partial charge in [0.2, 0.25) is 0 Å². The Labute approximate surface area is 99.1 Å². The molecule has 0 bridgehead atoms. The van der Waals surface area contributed by atoms with Gasteiger partial charge in [-0.3, -0.25) is 0 Å². The summed E-state index contributed by atoms with van der Waals surface area (Å²) < 4.78 is 17.8. The first-order chi connectivity index (χ1) is 8.02. The first-order valence-corrected chi connectivity index (χ1v) is 5.11. The molecule has 0 atom stereocenters. The van der Waals surface area contributed by atoms with E-state index >= 15 is 0 Å². The number of halogens is 1. The minimum Gasteiger partial charge on any atom is -0.460 e. The molecule has 0 N–H and O–H groups in total. The molecule has 0 saturated carbocycles. The summed E-state index contributed by atoms with van der Waals surface area (Å²) >= 11 is 0. The molecule has 0 fully saturated rings. The lowest BCUT2D eigenvalue weighted by Gasteiger charge is -2.05. The zero-order chi connectivity index (χ0) is 12.8. The van der Waals surface area contributed by atoms with Crippen LogP contribution in [-0.4, -0.2) is 12.1 Å². The molecule has 4 heteroatoms. The normalized spacial score (nSPS) is 11.1. The number of hydrogen-bond acceptors (Lipinski definition) is 3. The predicted octanol–water partition coefficient (Wildman–Crippen LogP) is 2.68. The minimum absolute atomic E-state index is 0.0788. The molecule has 17 heavy (non-hydrogen) atoms. The number of nitriles is 1. The Morgan fingerprint density at radius 1 is 1.53 bits per heavy atom. The third kappa shape index (κ3) is 4.07. The summed E-state index contributed by atoms with van der Waals surface area (Å²) in [6.07, 6.45) is 0.806. The standard InChI is InChI=1S/C13H12FNO2/c1-9(2)17-13(16)7-11(8-15)10-4-3-5-12(14)6-10/h3-7,9H,1-2H3. The van der Waals surface area contributed by atoms with Gasteiger partial charge in [0, 0.05) is 6.08 Å². The summed E-state index contributed by atoms with van der Waals surface area (Å²) in [6, 6.07) is 7.34. The quantitative estimate of drug-likeness (QED) is 0.458. The average Bonchev–Trinajstić information content (AvgIpc) is 2.24. The van der Waals surface area contributed by atoms with Crippen molar-refractivity contribution in [2.75, 3.05) is 0 Å². The third-order valence-corrected chi connectivity index (χ3v) is 1.87. The Morgan fingerprint density at radius 2 is 2.24 bits per heavy atom. The lowest BCUT2D eigenvalue weighted by Crippen LogP contribution is -2.09. The van der Waals surface area contributed by atoms with Crippen molar-refractivity contribution in [2.45, 2.75) is 20.0 Å². The SMILES string of the molecule is CC(C)OC(=O)C=C(C#N)c1cccc(F)c1. The molecule has 3 nitrogen and oxygen atoms in total. The van der Waals surface area contributed by atoms with E-state index in [0.29, 0.717) is 5.56 Å². The monoisotopic (exact) mass is 233 g/mol. The molecule has 0 aliphatic heterocycles. The molecule has 0 heterocycles. The average molecular weight is 233 g/mol. The lowest BCUT2D eigenvalue weighted by atomic mass is 10.1. The molecule has 88 valence electrons. The van der Waals surface area contributed by atoms with Gasteiger partial charge in [0.15, 0.2) is 0 Å². The molecule has 0 unspecified atom stereocenters. The van der Waals surface area contributed by atoms with Crippen molar-refractivity contribution in [2.24, 2.45) is 0 Å². The van der Waals surface area contributed by atoms with Gasteiger partial charge < -0.3 is 4.74 Å². The Balaban J connectivity index is 2.97. The van der Waals surface area contributed by atoms with E-state index in [0.717, 1.165) is 6.08 Å². The molecule has 1 aromatic carbocycles. The van der Waals surface area contributed by atoms with Crippen LogP contribution in [0.25, 0.3) is 5.57 Å². The Morgan fingerprint density at radius 3 is 2.76 bits per heavy atom. The van der Waals surface area contributed by atoms with Gasteiger partial charge in [-0.1, -0.05) is 12.1 Å². The third-order valence-electron chi connectivity index (χ3n) is 1.87. The number of carbonyl (C=O) groups excluding carboxylic acids is 1. The van der Waals surface area contributed by atoms with E-state index < -0.39 is 11.8 Å². The number of esters is 1.